The van der Waals surface area contributed by atoms with Gasteiger partial charge in [-0.15, -0.1) is 0 Å². The van der Waals surface area contributed by atoms with Crippen LogP contribution in [-0.2, 0) is 16.0 Å². The fraction of sp³-hybridized carbons (Fsp3) is 0.571. The Labute approximate surface area is 108 Å². The number of hydrogen-bond acceptors (Lipinski definition) is 4. The van der Waals surface area contributed by atoms with E-state index in [-0.39, 0.29) is 12.4 Å². The largest absolute Gasteiger partial charge is 0.496 e. The van der Waals surface area contributed by atoms with Crippen molar-refractivity contribution in [3.05, 3.63) is 23.0 Å². The number of methoxy groups -OCH3 is 1. The summed E-state index contributed by atoms with van der Waals surface area (Å²) in [6.07, 6.45) is 2.95. The average molecular weight is 251 g/mol. The molecular formula is C14H21NO3. The van der Waals surface area contributed by atoms with Gasteiger partial charge in [-0.1, -0.05) is 6.92 Å². The monoisotopic (exact) mass is 251 g/mol. The van der Waals surface area contributed by atoms with Gasteiger partial charge in [-0.25, -0.2) is 0 Å². The summed E-state index contributed by atoms with van der Waals surface area (Å²) in [5, 5.41) is 0. The van der Waals surface area contributed by atoms with E-state index in [9.17, 15) is 4.79 Å². The van der Waals surface area contributed by atoms with Crippen molar-refractivity contribution in [2.75, 3.05) is 20.3 Å². The lowest BCUT2D eigenvalue weighted by Gasteiger charge is -2.11. The van der Waals surface area contributed by atoms with E-state index in [0.717, 1.165) is 29.0 Å². The maximum atomic E-state index is 11.7. The molecule has 0 N–H and O–H groups in total. The minimum absolute atomic E-state index is 0.0463. The Bertz CT molecular complexity index is 416. The van der Waals surface area contributed by atoms with Crippen LogP contribution in [0.1, 0.15) is 30.2 Å². The molecule has 0 aliphatic heterocycles. The number of pyridine rings is 1. The molecule has 4 heteroatoms. The van der Waals surface area contributed by atoms with Crippen LogP contribution in [0.15, 0.2) is 6.20 Å². The van der Waals surface area contributed by atoms with E-state index in [1.807, 2.05) is 20.8 Å². The van der Waals surface area contributed by atoms with Gasteiger partial charge < -0.3 is 9.47 Å². The van der Waals surface area contributed by atoms with Crippen molar-refractivity contribution in [3.63, 3.8) is 0 Å². The van der Waals surface area contributed by atoms with Crippen molar-refractivity contribution in [1.82, 2.24) is 4.98 Å². The van der Waals surface area contributed by atoms with Gasteiger partial charge >= 0.3 is 0 Å². The van der Waals surface area contributed by atoms with Crippen LogP contribution >= 0.6 is 0 Å². The Balaban J connectivity index is 2.70. The van der Waals surface area contributed by atoms with Crippen LogP contribution in [-0.4, -0.2) is 31.1 Å². The van der Waals surface area contributed by atoms with Gasteiger partial charge in [-0.3, -0.25) is 9.78 Å². The van der Waals surface area contributed by atoms with Crippen LogP contribution in [0.5, 0.6) is 5.75 Å². The third-order valence-electron chi connectivity index (χ3n) is 2.73. The lowest BCUT2D eigenvalue weighted by molar-refractivity contribution is -0.123. The highest BCUT2D eigenvalue weighted by atomic mass is 16.5. The molecular weight excluding hydrogens is 230 g/mol. The zero-order valence-electron chi connectivity index (χ0n) is 11.6. The van der Waals surface area contributed by atoms with Crippen molar-refractivity contribution >= 4 is 5.78 Å². The van der Waals surface area contributed by atoms with Crippen molar-refractivity contribution in [1.29, 1.82) is 0 Å². The molecule has 18 heavy (non-hydrogen) atoms. The molecule has 1 rings (SSSR count). The maximum Gasteiger partial charge on any atom is 0.164 e. The van der Waals surface area contributed by atoms with Gasteiger partial charge in [0.25, 0.3) is 0 Å². The van der Waals surface area contributed by atoms with Crippen LogP contribution in [0.4, 0.5) is 0 Å². The van der Waals surface area contributed by atoms with Crippen molar-refractivity contribution in [3.8, 4) is 5.75 Å². The Hall–Kier alpha value is -1.42. The first-order valence-electron chi connectivity index (χ1n) is 6.18. The van der Waals surface area contributed by atoms with E-state index < -0.39 is 0 Å². The van der Waals surface area contributed by atoms with Gasteiger partial charge in [0.1, 0.15) is 12.4 Å². The number of aromatic nitrogens is 1. The molecule has 0 saturated carbocycles. The van der Waals surface area contributed by atoms with Gasteiger partial charge in [-0.05, 0) is 20.3 Å². The Morgan fingerprint density at radius 2 is 2.11 bits per heavy atom. The number of carbonyl (C=O) groups is 1. The molecule has 4 nitrogen and oxygen atoms in total. The van der Waals surface area contributed by atoms with Crippen molar-refractivity contribution in [2.45, 2.75) is 33.6 Å². The van der Waals surface area contributed by atoms with E-state index >= 15 is 0 Å². The molecule has 1 heterocycles. The van der Waals surface area contributed by atoms with Crippen molar-refractivity contribution in [2.24, 2.45) is 0 Å². The van der Waals surface area contributed by atoms with E-state index in [2.05, 4.69) is 4.98 Å². The first kappa shape index (κ1) is 14.6. The molecule has 0 atom stereocenters. The molecule has 1 aromatic heterocycles. The normalized spacial score (nSPS) is 10.4. The predicted octanol–water partition coefficient (Wildman–Crippen LogP) is 2.25. The highest BCUT2D eigenvalue weighted by Gasteiger charge is 2.12. The first-order valence-corrected chi connectivity index (χ1v) is 6.18. The fourth-order valence-corrected chi connectivity index (χ4v) is 1.82. The summed E-state index contributed by atoms with van der Waals surface area (Å²) < 4.78 is 10.5. The molecule has 0 amide bonds. The summed E-state index contributed by atoms with van der Waals surface area (Å²) in [5.74, 6) is 0.854. The Morgan fingerprint density at radius 3 is 2.72 bits per heavy atom. The van der Waals surface area contributed by atoms with E-state index in [1.165, 1.54) is 0 Å². The highest BCUT2D eigenvalue weighted by Crippen LogP contribution is 2.24. The van der Waals surface area contributed by atoms with Gasteiger partial charge in [0.2, 0.25) is 0 Å². The van der Waals surface area contributed by atoms with Crippen LogP contribution in [0.3, 0.4) is 0 Å². The molecule has 0 aliphatic carbocycles. The molecule has 0 spiro atoms. The number of Topliss-reactive ketones (excluding diaryl/α,β-unsaturated/α-hetero) is 1. The minimum Gasteiger partial charge on any atom is -0.496 e. The Kier molecular flexibility index (Phi) is 5.78. The Morgan fingerprint density at radius 1 is 1.39 bits per heavy atom. The van der Waals surface area contributed by atoms with Gasteiger partial charge in [0, 0.05) is 23.9 Å². The number of ketones is 1. The highest BCUT2D eigenvalue weighted by molar-refractivity contribution is 5.82. The van der Waals surface area contributed by atoms with Crippen LogP contribution in [0.25, 0.3) is 0 Å². The summed E-state index contributed by atoms with van der Waals surface area (Å²) in [6, 6.07) is 0. The SMILES string of the molecule is CCCOCC(=O)Cc1ncc(C)c(OC)c1C. The van der Waals surface area contributed by atoms with Gasteiger partial charge in [0.05, 0.1) is 19.2 Å². The number of rotatable bonds is 7. The minimum atomic E-state index is 0.0463. The van der Waals surface area contributed by atoms with E-state index in [1.54, 1.807) is 13.3 Å². The van der Waals surface area contributed by atoms with Crippen LogP contribution < -0.4 is 4.74 Å². The lowest BCUT2D eigenvalue weighted by atomic mass is 10.1. The molecule has 0 radical (unpaired) electrons. The second-order valence-corrected chi connectivity index (χ2v) is 4.31. The molecule has 1 aromatic rings. The van der Waals surface area contributed by atoms with E-state index in [4.69, 9.17) is 9.47 Å². The zero-order valence-corrected chi connectivity index (χ0v) is 11.6. The molecule has 0 saturated heterocycles. The smallest absolute Gasteiger partial charge is 0.164 e. The second kappa shape index (κ2) is 7.11. The molecule has 0 aromatic carbocycles. The zero-order chi connectivity index (χ0) is 13.5. The third kappa shape index (κ3) is 3.81. The summed E-state index contributed by atoms with van der Waals surface area (Å²) in [4.78, 5) is 16.0. The fourth-order valence-electron chi connectivity index (χ4n) is 1.82. The van der Waals surface area contributed by atoms with Gasteiger partial charge in [0.15, 0.2) is 5.78 Å². The molecule has 0 bridgehead atoms. The third-order valence-corrected chi connectivity index (χ3v) is 2.73. The van der Waals surface area contributed by atoms with Crippen molar-refractivity contribution < 1.29 is 14.3 Å². The molecule has 0 unspecified atom stereocenters. The number of hydrogen-bond donors (Lipinski definition) is 0. The molecule has 0 aliphatic rings. The standard InChI is InChI=1S/C14H21NO3/c1-5-6-18-9-12(16)7-13-11(3)14(17-4)10(2)8-15-13/h8H,5-7,9H2,1-4H3. The average Bonchev–Trinajstić information content (AvgIpc) is 2.34. The quantitative estimate of drug-likeness (QED) is 0.697. The molecule has 100 valence electrons. The summed E-state index contributed by atoms with van der Waals surface area (Å²) in [5.41, 5.74) is 2.68. The number of ether oxygens (including phenoxy) is 2. The maximum absolute atomic E-state index is 11.7. The number of aryl methyl sites for hydroxylation is 1. The topological polar surface area (TPSA) is 48.4 Å². The van der Waals surface area contributed by atoms with E-state index in [0.29, 0.717) is 13.0 Å². The van der Waals surface area contributed by atoms with Gasteiger partial charge in [-0.2, -0.15) is 0 Å². The summed E-state index contributed by atoms with van der Waals surface area (Å²) >= 11 is 0. The first-order chi connectivity index (χ1) is 8.60. The lowest BCUT2D eigenvalue weighted by Crippen LogP contribution is -2.14. The molecule has 0 fully saturated rings. The predicted molar refractivity (Wildman–Crippen MR) is 70.1 cm³/mol. The van der Waals surface area contributed by atoms with Crippen LogP contribution in [0, 0.1) is 13.8 Å². The van der Waals surface area contributed by atoms with Crippen LogP contribution in [0.2, 0.25) is 0 Å². The second-order valence-electron chi connectivity index (χ2n) is 4.31. The summed E-state index contributed by atoms with van der Waals surface area (Å²) in [7, 11) is 1.63. The number of nitrogens with zero attached hydrogens (tertiary/aromatic N) is 1. The number of carbonyl (C=O) groups excluding carboxylic acids is 1. The summed E-state index contributed by atoms with van der Waals surface area (Å²) in [6.45, 7) is 6.66.